The summed E-state index contributed by atoms with van der Waals surface area (Å²) in [6.45, 7) is 2.23. The fourth-order valence-corrected chi connectivity index (χ4v) is 2.02. The Labute approximate surface area is 77.4 Å². The van der Waals surface area contributed by atoms with E-state index in [0.717, 1.165) is 15.0 Å². The Morgan fingerprint density at radius 2 is 2.36 bits per heavy atom. The zero-order chi connectivity index (χ0) is 7.84. The number of aromatic nitrogens is 2. The lowest BCUT2D eigenvalue weighted by atomic mass is 10.5. The predicted octanol–water partition coefficient (Wildman–Crippen LogP) is 2.12. The van der Waals surface area contributed by atoms with Gasteiger partial charge in [0.25, 0.3) is 0 Å². The van der Waals surface area contributed by atoms with Crippen LogP contribution >= 0.6 is 27.3 Å². The fraction of sp³-hybridized carbons (Fsp3) is 0.667. The van der Waals surface area contributed by atoms with Gasteiger partial charge in [0.1, 0.15) is 0 Å². The third-order valence-corrected chi connectivity index (χ3v) is 3.11. The summed E-state index contributed by atoms with van der Waals surface area (Å²) in [5, 5.41) is 12.0. The average molecular weight is 234 g/mol. The molecule has 0 saturated heterocycles. The summed E-state index contributed by atoms with van der Waals surface area (Å²) in [6.07, 6.45) is 1.26. The lowest BCUT2D eigenvalue weighted by Crippen LogP contribution is -2.02. The number of rotatable bonds is 2. The Hall–Kier alpha value is -0.160. The summed E-state index contributed by atoms with van der Waals surface area (Å²) in [6, 6.07) is 0.634. The average Bonchev–Trinajstić information content (AvgIpc) is 2.42. The minimum absolute atomic E-state index is 0.634. The van der Waals surface area contributed by atoms with E-state index in [0.29, 0.717) is 6.04 Å². The number of hydrogen-bond acceptors (Lipinski definition) is 4. The van der Waals surface area contributed by atoms with Gasteiger partial charge < -0.3 is 5.32 Å². The van der Waals surface area contributed by atoms with Gasteiger partial charge in [0.05, 0.1) is 0 Å². The minimum Gasteiger partial charge on any atom is -0.357 e. The maximum absolute atomic E-state index is 3.94. The third kappa shape index (κ3) is 1.70. The van der Waals surface area contributed by atoms with Crippen molar-refractivity contribution in [2.45, 2.75) is 19.4 Å². The van der Waals surface area contributed by atoms with Crippen LogP contribution in [0.1, 0.15) is 13.3 Å². The Morgan fingerprint density at radius 3 is 2.82 bits per heavy atom. The first-order valence-corrected chi connectivity index (χ1v) is 5.12. The van der Waals surface area contributed by atoms with Crippen molar-refractivity contribution in [1.29, 1.82) is 0 Å². The predicted molar refractivity (Wildman–Crippen MR) is 48.8 cm³/mol. The van der Waals surface area contributed by atoms with Crippen molar-refractivity contribution in [2.75, 3.05) is 5.32 Å². The molecule has 3 nitrogen and oxygen atoms in total. The van der Waals surface area contributed by atoms with E-state index in [1.165, 1.54) is 6.42 Å². The van der Waals surface area contributed by atoms with Crippen molar-refractivity contribution in [3.8, 4) is 0 Å². The zero-order valence-electron chi connectivity index (χ0n) is 6.04. The molecule has 1 aliphatic carbocycles. The Kier molecular flexibility index (Phi) is 1.85. The van der Waals surface area contributed by atoms with Crippen LogP contribution in [0.15, 0.2) is 3.92 Å². The van der Waals surface area contributed by atoms with Gasteiger partial charge in [-0.1, -0.05) is 18.3 Å². The van der Waals surface area contributed by atoms with E-state index in [9.17, 15) is 0 Å². The Morgan fingerprint density at radius 1 is 1.64 bits per heavy atom. The van der Waals surface area contributed by atoms with Crippen molar-refractivity contribution in [1.82, 2.24) is 10.2 Å². The lowest BCUT2D eigenvalue weighted by Gasteiger charge is -1.95. The SMILES string of the molecule is CC1CC1Nc1nnc(Br)s1. The largest absolute Gasteiger partial charge is 0.357 e. The molecule has 11 heavy (non-hydrogen) atoms. The second-order valence-corrected chi connectivity index (χ2v) is 5.08. The molecule has 1 fully saturated rings. The van der Waals surface area contributed by atoms with E-state index in [1.807, 2.05) is 0 Å². The van der Waals surface area contributed by atoms with Crippen LogP contribution < -0.4 is 5.32 Å². The van der Waals surface area contributed by atoms with Crippen LogP contribution in [0.25, 0.3) is 0 Å². The summed E-state index contributed by atoms with van der Waals surface area (Å²) in [5.74, 6) is 0.803. The molecule has 2 atom stereocenters. The molecule has 0 bridgehead atoms. The van der Waals surface area contributed by atoms with Gasteiger partial charge in [-0.3, -0.25) is 0 Å². The molecular weight excluding hydrogens is 226 g/mol. The molecule has 1 aromatic rings. The van der Waals surface area contributed by atoms with E-state index < -0.39 is 0 Å². The van der Waals surface area contributed by atoms with Crippen molar-refractivity contribution < 1.29 is 0 Å². The zero-order valence-corrected chi connectivity index (χ0v) is 8.44. The molecule has 0 amide bonds. The minimum atomic E-state index is 0.634. The highest BCUT2D eigenvalue weighted by molar-refractivity contribution is 9.11. The molecule has 0 radical (unpaired) electrons. The number of hydrogen-bond donors (Lipinski definition) is 1. The highest BCUT2D eigenvalue weighted by atomic mass is 79.9. The van der Waals surface area contributed by atoms with E-state index >= 15 is 0 Å². The number of halogens is 1. The second-order valence-electron chi connectivity index (χ2n) is 2.82. The molecule has 1 heterocycles. The summed E-state index contributed by atoms with van der Waals surface area (Å²) in [5.41, 5.74) is 0. The van der Waals surface area contributed by atoms with Crippen LogP contribution in [0.2, 0.25) is 0 Å². The van der Waals surface area contributed by atoms with Gasteiger partial charge in [0.15, 0.2) is 3.92 Å². The maximum atomic E-state index is 3.94. The summed E-state index contributed by atoms with van der Waals surface area (Å²) in [4.78, 5) is 0. The molecule has 0 aliphatic heterocycles. The molecule has 5 heteroatoms. The molecule has 1 saturated carbocycles. The van der Waals surface area contributed by atoms with Crippen LogP contribution in [-0.2, 0) is 0 Å². The van der Waals surface area contributed by atoms with E-state index in [2.05, 4.69) is 38.4 Å². The van der Waals surface area contributed by atoms with Crippen LogP contribution in [-0.4, -0.2) is 16.2 Å². The molecule has 2 rings (SSSR count). The van der Waals surface area contributed by atoms with Gasteiger partial charge in [-0.2, -0.15) is 0 Å². The van der Waals surface area contributed by atoms with E-state index in [4.69, 9.17) is 0 Å². The normalized spacial score (nSPS) is 28.5. The van der Waals surface area contributed by atoms with Gasteiger partial charge >= 0.3 is 0 Å². The standard InChI is InChI=1S/C6H8BrN3S/c1-3-2-4(3)8-6-10-9-5(7)11-6/h3-4H,2H2,1H3,(H,8,10). The monoisotopic (exact) mass is 233 g/mol. The Balaban J connectivity index is 1.96. The highest BCUT2D eigenvalue weighted by Gasteiger charge is 2.33. The number of anilines is 1. The molecule has 1 N–H and O–H groups in total. The van der Waals surface area contributed by atoms with Gasteiger partial charge in [-0.05, 0) is 28.3 Å². The molecule has 2 unspecified atom stereocenters. The van der Waals surface area contributed by atoms with E-state index in [1.54, 1.807) is 11.3 Å². The van der Waals surface area contributed by atoms with Gasteiger partial charge in [-0.25, -0.2) is 0 Å². The van der Waals surface area contributed by atoms with Crippen molar-refractivity contribution >= 4 is 32.4 Å². The van der Waals surface area contributed by atoms with Crippen molar-refractivity contribution in [3.63, 3.8) is 0 Å². The maximum Gasteiger partial charge on any atom is 0.206 e. The summed E-state index contributed by atoms with van der Waals surface area (Å²) < 4.78 is 0.841. The van der Waals surface area contributed by atoms with Gasteiger partial charge in [-0.15, -0.1) is 10.2 Å². The van der Waals surface area contributed by atoms with Crippen molar-refractivity contribution in [3.05, 3.63) is 3.92 Å². The van der Waals surface area contributed by atoms with Crippen LogP contribution in [0.5, 0.6) is 0 Å². The Bertz CT molecular complexity index is 262. The molecule has 1 aromatic heterocycles. The smallest absolute Gasteiger partial charge is 0.206 e. The number of nitrogens with one attached hydrogen (secondary N) is 1. The number of nitrogens with zero attached hydrogens (tertiary/aromatic N) is 2. The fourth-order valence-electron chi connectivity index (χ4n) is 0.945. The topological polar surface area (TPSA) is 37.8 Å². The first-order chi connectivity index (χ1) is 5.25. The lowest BCUT2D eigenvalue weighted by molar-refractivity contribution is 0.921. The van der Waals surface area contributed by atoms with Crippen LogP contribution in [0, 0.1) is 5.92 Å². The molecule has 1 aliphatic rings. The highest BCUT2D eigenvalue weighted by Crippen LogP contribution is 2.33. The van der Waals surface area contributed by atoms with Gasteiger partial charge in [0.2, 0.25) is 5.13 Å². The first-order valence-electron chi connectivity index (χ1n) is 3.51. The summed E-state index contributed by atoms with van der Waals surface area (Å²) >= 11 is 4.80. The molecule has 0 spiro atoms. The second kappa shape index (κ2) is 2.71. The third-order valence-electron chi connectivity index (χ3n) is 1.82. The van der Waals surface area contributed by atoms with Crippen LogP contribution in [0.3, 0.4) is 0 Å². The quantitative estimate of drug-likeness (QED) is 0.851. The first kappa shape index (κ1) is 7.49. The van der Waals surface area contributed by atoms with Crippen LogP contribution in [0.4, 0.5) is 5.13 Å². The van der Waals surface area contributed by atoms with E-state index in [-0.39, 0.29) is 0 Å². The van der Waals surface area contributed by atoms with Crippen molar-refractivity contribution in [2.24, 2.45) is 5.92 Å². The van der Waals surface area contributed by atoms with Gasteiger partial charge in [0, 0.05) is 6.04 Å². The molecular formula is C6H8BrN3S. The molecule has 0 aromatic carbocycles. The molecule has 60 valence electrons. The summed E-state index contributed by atoms with van der Waals surface area (Å²) in [7, 11) is 0.